The van der Waals surface area contributed by atoms with Gasteiger partial charge in [0, 0.05) is 6.54 Å². The fourth-order valence-corrected chi connectivity index (χ4v) is 2.65. The molecule has 0 heterocycles. The molecule has 0 atom stereocenters. The lowest BCUT2D eigenvalue weighted by atomic mass is 10.1. The van der Waals surface area contributed by atoms with Gasteiger partial charge in [-0.25, -0.2) is 0 Å². The summed E-state index contributed by atoms with van der Waals surface area (Å²) in [6.07, 6.45) is 0. The van der Waals surface area contributed by atoms with E-state index >= 15 is 0 Å². The van der Waals surface area contributed by atoms with E-state index in [2.05, 4.69) is 10.6 Å². The van der Waals surface area contributed by atoms with Gasteiger partial charge in [0.2, 0.25) is 0 Å². The Bertz CT molecular complexity index is 1040. The number of nitrogens with one attached hydrogen (secondary N) is 2. The van der Waals surface area contributed by atoms with E-state index in [1.807, 2.05) is 36.4 Å². The third-order valence-electron chi connectivity index (χ3n) is 4.07. The summed E-state index contributed by atoms with van der Waals surface area (Å²) < 4.78 is 5.42. The zero-order valence-corrected chi connectivity index (χ0v) is 15.6. The van der Waals surface area contributed by atoms with Crippen LogP contribution in [-0.2, 0) is 11.3 Å². The van der Waals surface area contributed by atoms with Crippen LogP contribution in [0.5, 0.6) is 5.75 Å². The Hall–Kier alpha value is -4.11. The molecule has 29 heavy (non-hydrogen) atoms. The van der Waals surface area contributed by atoms with Crippen LogP contribution in [0.1, 0.15) is 21.5 Å². The molecule has 144 valence electrons. The molecule has 0 aromatic heterocycles. The van der Waals surface area contributed by atoms with E-state index in [4.69, 9.17) is 10.00 Å². The molecular formula is C23H19N3O3. The lowest BCUT2D eigenvalue weighted by Crippen LogP contribution is -2.26. The highest BCUT2D eigenvalue weighted by Crippen LogP contribution is 2.16. The van der Waals surface area contributed by atoms with Gasteiger partial charge in [0.15, 0.2) is 6.61 Å². The maximum Gasteiger partial charge on any atom is 0.262 e. The van der Waals surface area contributed by atoms with Crippen LogP contribution in [0.4, 0.5) is 5.69 Å². The number of rotatable bonds is 7. The Morgan fingerprint density at radius 3 is 2.48 bits per heavy atom. The molecule has 3 aromatic rings. The van der Waals surface area contributed by atoms with Crippen LogP contribution < -0.4 is 15.4 Å². The van der Waals surface area contributed by atoms with Gasteiger partial charge in [-0.3, -0.25) is 9.59 Å². The van der Waals surface area contributed by atoms with Crippen LogP contribution in [0.25, 0.3) is 0 Å². The van der Waals surface area contributed by atoms with Crippen LogP contribution in [0.15, 0.2) is 78.9 Å². The highest BCUT2D eigenvalue weighted by atomic mass is 16.5. The number of nitriles is 1. The molecule has 0 spiro atoms. The van der Waals surface area contributed by atoms with Crippen molar-refractivity contribution in [2.24, 2.45) is 0 Å². The molecule has 0 aliphatic heterocycles. The number of benzene rings is 3. The summed E-state index contributed by atoms with van der Waals surface area (Å²) >= 11 is 0. The molecule has 2 amide bonds. The van der Waals surface area contributed by atoms with E-state index in [0.29, 0.717) is 29.1 Å². The first-order valence-electron chi connectivity index (χ1n) is 8.99. The number of amides is 2. The second kappa shape index (κ2) is 9.72. The quantitative estimate of drug-likeness (QED) is 0.651. The van der Waals surface area contributed by atoms with Gasteiger partial charge in [0.1, 0.15) is 5.75 Å². The Morgan fingerprint density at radius 1 is 0.931 bits per heavy atom. The Labute approximate surface area is 168 Å². The number of hydrogen-bond acceptors (Lipinski definition) is 4. The van der Waals surface area contributed by atoms with Crippen LogP contribution in [0, 0.1) is 11.3 Å². The first-order valence-corrected chi connectivity index (χ1v) is 8.99. The van der Waals surface area contributed by atoms with Crippen molar-refractivity contribution in [3.63, 3.8) is 0 Å². The van der Waals surface area contributed by atoms with E-state index in [9.17, 15) is 9.59 Å². The van der Waals surface area contributed by atoms with Gasteiger partial charge < -0.3 is 15.4 Å². The van der Waals surface area contributed by atoms with E-state index in [-0.39, 0.29) is 12.5 Å². The van der Waals surface area contributed by atoms with Gasteiger partial charge in [-0.15, -0.1) is 0 Å². The largest absolute Gasteiger partial charge is 0.484 e. The first kappa shape index (κ1) is 19.6. The average molecular weight is 385 g/mol. The van der Waals surface area contributed by atoms with Crippen molar-refractivity contribution in [3.8, 4) is 11.8 Å². The van der Waals surface area contributed by atoms with Crippen molar-refractivity contribution in [2.75, 3.05) is 11.9 Å². The lowest BCUT2D eigenvalue weighted by molar-refractivity contribution is -0.118. The SMILES string of the molecule is N#Cc1cccc(OCC(=O)Nc2ccccc2C(=O)NCc2ccccc2)c1. The second-order valence-corrected chi connectivity index (χ2v) is 6.19. The van der Waals surface area contributed by atoms with Crippen molar-refractivity contribution >= 4 is 17.5 Å². The van der Waals surface area contributed by atoms with Crippen molar-refractivity contribution in [3.05, 3.63) is 95.6 Å². The number of nitrogens with zero attached hydrogens (tertiary/aromatic N) is 1. The summed E-state index contributed by atoms with van der Waals surface area (Å²) in [4.78, 5) is 24.8. The topological polar surface area (TPSA) is 91.2 Å². The molecule has 2 N–H and O–H groups in total. The lowest BCUT2D eigenvalue weighted by Gasteiger charge is -2.12. The molecule has 6 heteroatoms. The smallest absolute Gasteiger partial charge is 0.262 e. The summed E-state index contributed by atoms with van der Waals surface area (Å²) in [5.74, 6) is -0.267. The van der Waals surface area contributed by atoms with E-state index in [1.54, 1.807) is 48.5 Å². The van der Waals surface area contributed by atoms with Gasteiger partial charge >= 0.3 is 0 Å². The highest BCUT2D eigenvalue weighted by molar-refractivity contribution is 6.04. The Kier molecular flexibility index (Phi) is 6.58. The summed E-state index contributed by atoms with van der Waals surface area (Å²) in [7, 11) is 0. The van der Waals surface area contributed by atoms with E-state index < -0.39 is 5.91 Å². The van der Waals surface area contributed by atoms with Gasteiger partial charge in [0.05, 0.1) is 22.9 Å². The zero-order chi connectivity index (χ0) is 20.5. The van der Waals surface area contributed by atoms with Gasteiger partial charge in [0.25, 0.3) is 11.8 Å². The number of para-hydroxylation sites is 1. The second-order valence-electron chi connectivity index (χ2n) is 6.19. The van der Waals surface area contributed by atoms with Crippen LogP contribution in [-0.4, -0.2) is 18.4 Å². The standard InChI is InChI=1S/C23H19N3O3/c24-14-18-9-6-10-19(13-18)29-16-22(27)26-21-12-5-4-11-20(21)23(28)25-15-17-7-2-1-3-8-17/h1-13H,15-16H2,(H,25,28)(H,26,27). The van der Waals surface area contributed by atoms with Crippen molar-refractivity contribution < 1.29 is 14.3 Å². The average Bonchev–Trinajstić information content (AvgIpc) is 2.77. The molecule has 3 aromatic carbocycles. The predicted molar refractivity (Wildman–Crippen MR) is 109 cm³/mol. The molecule has 0 saturated carbocycles. The summed E-state index contributed by atoms with van der Waals surface area (Å²) in [5.41, 5.74) is 2.19. The number of hydrogen-bond donors (Lipinski definition) is 2. The Balaban J connectivity index is 1.60. The van der Waals surface area contributed by atoms with Crippen LogP contribution in [0.3, 0.4) is 0 Å². The molecule has 0 bridgehead atoms. The third kappa shape index (κ3) is 5.68. The molecule has 0 unspecified atom stereocenters. The minimum absolute atomic E-state index is 0.241. The summed E-state index contributed by atoms with van der Waals surface area (Å²) in [5, 5.41) is 14.5. The Morgan fingerprint density at radius 2 is 1.69 bits per heavy atom. The fourth-order valence-electron chi connectivity index (χ4n) is 2.65. The number of carbonyl (C=O) groups excluding carboxylic acids is 2. The summed E-state index contributed by atoms with van der Waals surface area (Å²) in [6, 6.07) is 24.9. The molecule has 6 nitrogen and oxygen atoms in total. The molecular weight excluding hydrogens is 366 g/mol. The first-order chi connectivity index (χ1) is 14.2. The van der Waals surface area contributed by atoms with E-state index in [1.165, 1.54) is 0 Å². The summed E-state index contributed by atoms with van der Waals surface area (Å²) in [6.45, 7) is 0.148. The number of ether oxygens (including phenoxy) is 1. The predicted octanol–water partition coefficient (Wildman–Crippen LogP) is 3.51. The molecule has 0 saturated heterocycles. The zero-order valence-electron chi connectivity index (χ0n) is 15.6. The number of anilines is 1. The van der Waals surface area contributed by atoms with Gasteiger partial charge in [-0.05, 0) is 35.9 Å². The molecule has 0 fully saturated rings. The maximum absolute atomic E-state index is 12.5. The van der Waals surface area contributed by atoms with E-state index in [0.717, 1.165) is 5.56 Å². The monoisotopic (exact) mass is 385 g/mol. The molecule has 0 aliphatic carbocycles. The minimum atomic E-state index is -0.407. The van der Waals surface area contributed by atoms with Crippen molar-refractivity contribution in [1.29, 1.82) is 5.26 Å². The van der Waals surface area contributed by atoms with Crippen molar-refractivity contribution in [1.82, 2.24) is 5.32 Å². The van der Waals surface area contributed by atoms with Crippen LogP contribution in [0.2, 0.25) is 0 Å². The normalized spacial score (nSPS) is 9.90. The third-order valence-corrected chi connectivity index (χ3v) is 4.07. The van der Waals surface area contributed by atoms with Crippen molar-refractivity contribution in [2.45, 2.75) is 6.54 Å². The highest BCUT2D eigenvalue weighted by Gasteiger charge is 2.13. The maximum atomic E-state index is 12.5. The van der Waals surface area contributed by atoms with Gasteiger partial charge in [-0.2, -0.15) is 5.26 Å². The minimum Gasteiger partial charge on any atom is -0.484 e. The molecule has 0 aliphatic rings. The van der Waals surface area contributed by atoms with Gasteiger partial charge in [-0.1, -0.05) is 48.5 Å². The molecule has 3 rings (SSSR count). The number of carbonyl (C=O) groups is 2. The van der Waals surface area contributed by atoms with Crippen LogP contribution >= 0.6 is 0 Å². The fraction of sp³-hybridized carbons (Fsp3) is 0.0870. The molecule has 0 radical (unpaired) electrons.